The second-order valence-electron chi connectivity index (χ2n) is 10.1. The number of aromatic nitrogens is 2. The highest BCUT2D eigenvalue weighted by atomic mass is 19.1. The highest BCUT2D eigenvalue weighted by molar-refractivity contribution is 5.47. The maximum absolute atomic E-state index is 15.2. The van der Waals surface area contributed by atoms with Crippen LogP contribution in [0.2, 0.25) is 0 Å². The molecule has 6 nitrogen and oxygen atoms in total. The molecule has 4 rings (SSSR count). The van der Waals surface area contributed by atoms with Gasteiger partial charge in [-0.1, -0.05) is 39.0 Å². The van der Waals surface area contributed by atoms with Crippen molar-refractivity contribution in [3.8, 4) is 0 Å². The van der Waals surface area contributed by atoms with Gasteiger partial charge in [0.1, 0.15) is 5.82 Å². The molecule has 0 unspecified atom stereocenters. The van der Waals surface area contributed by atoms with Crippen LogP contribution in [0.3, 0.4) is 0 Å². The number of nitrogens with zero attached hydrogens (tertiary/aromatic N) is 4. The van der Waals surface area contributed by atoms with Gasteiger partial charge in [-0.25, -0.2) is 14.4 Å². The van der Waals surface area contributed by atoms with E-state index in [-0.39, 0.29) is 23.3 Å². The van der Waals surface area contributed by atoms with E-state index in [4.69, 9.17) is 9.47 Å². The molecule has 0 saturated carbocycles. The van der Waals surface area contributed by atoms with Crippen molar-refractivity contribution in [2.45, 2.75) is 52.2 Å². The molecule has 0 N–H and O–H groups in total. The Hall–Kier alpha value is -2.25. The van der Waals surface area contributed by atoms with Gasteiger partial charge in [0.2, 0.25) is 5.95 Å². The van der Waals surface area contributed by atoms with Crippen LogP contribution in [0.5, 0.6) is 0 Å². The average Bonchev–Trinajstić information content (AvgIpc) is 2.74. The highest BCUT2D eigenvalue weighted by Crippen LogP contribution is 2.33. The van der Waals surface area contributed by atoms with Gasteiger partial charge in [-0.2, -0.15) is 0 Å². The van der Waals surface area contributed by atoms with Crippen molar-refractivity contribution in [3.63, 3.8) is 0 Å². The third-order valence-electron chi connectivity index (χ3n) is 6.29. The lowest BCUT2D eigenvalue weighted by Gasteiger charge is -2.38. The van der Waals surface area contributed by atoms with Crippen LogP contribution in [0.25, 0.3) is 0 Å². The van der Waals surface area contributed by atoms with E-state index >= 15 is 4.39 Å². The molecule has 2 fully saturated rings. The van der Waals surface area contributed by atoms with E-state index in [1.807, 2.05) is 30.6 Å². The molecule has 174 valence electrons. The summed E-state index contributed by atoms with van der Waals surface area (Å²) >= 11 is 0. The monoisotopic (exact) mass is 442 g/mol. The lowest BCUT2D eigenvalue weighted by atomic mass is 9.88. The molecule has 0 amide bonds. The van der Waals surface area contributed by atoms with Gasteiger partial charge in [0.25, 0.3) is 0 Å². The Morgan fingerprint density at radius 1 is 1.06 bits per heavy atom. The molecule has 1 aromatic carbocycles. The van der Waals surface area contributed by atoms with E-state index in [1.165, 1.54) is 0 Å². The highest BCUT2D eigenvalue weighted by Gasteiger charge is 2.29. The number of rotatable bonds is 7. The second kappa shape index (κ2) is 9.71. The molecule has 1 aromatic heterocycles. The normalized spacial score (nSPS) is 18.2. The molecule has 0 spiro atoms. The summed E-state index contributed by atoms with van der Waals surface area (Å²) in [7, 11) is 1.73. The van der Waals surface area contributed by atoms with E-state index in [1.54, 1.807) is 7.11 Å². The standard InChI is InChI=1S/C25H35FN4O2/c1-25(2,3)17-32-16-19-6-5-7-22(23(19)26)18-8-10-29(11-9-18)20-12-27-24(28-13-20)30-14-21(15-30)31-4/h5-7,12-13,18,21H,8-11,14-17H2,1-4H3. The molecule has 2 saturated heterocycles. The van der Waals surface area contributed by atoms with E-state index in [2.05, 4.69) is 40.5 Å². The maximum Gasteiger partial charge on any atom is 0.225 e. The zero-order valence-electron chi connectivity index (χ0n) is 19.7. The molecule has 32 heavy (non-hydrogen) atoms. The van der Waals surface area contributed by atoms with Crippen LogP contribution in [0.4, 0.5) is 16.0 Å². The maximum atomic E-state index is 15.2. The fourth-order valence-corrected chi connectivity index (χ4v) is 4.33. The zero-order valence-corrected chi connectivity index (χ0v) is 19.7. The Kier molecular flexibility index (Phi) is 6.96. The summed E-state index contributed by atoms with van der Waals surface area (Å²) in [6.07, 6.45) is 5.90. The van der Waals surface area contributed by atoms with Gasteiger partial charge in [0.05, 0.1) is 37.4 Å². The first-order valence-corrected chi connectivity index (χ1v) is 11.5. The summed E-state index contributed by atoms with van der Waals surface area (Å²) in [5.74, 6) is 0.877. The lowest BCUT2D eigenvalue weighted by Crippen LogP contribution is -2.52. The zero-order chi connectivity index (χ0) is 22.7. The number of hydrogen-bond acceptors (Lipinski definition) is 6. The minimum Gasteiger partial charge on any atom is -0.378 e. The topological polar surface area (TPSA) is 50.7 Å². The molecule has 2 aliphatic heterocycles. The summed E-state index contributed by atoms with van der Waals surface area (Å²) < 4.78 is 26.3. The molecular formula is C25H35FN4O2. The number of hydrogen-bond donors (Lipinski definition) is 0. The van der Waals surface area contributed by atoms with Crippen molar-refractivity contribution in [2.75, 3.05) is 49.7 Å². The van der Waals surface area contributed by atoms with E-state index in [0.717, 1.165) is 56.2 Å². The van der Waals surface area contributed by atoms with Gasteiger partial charge in [-0.05, 0) is 29.7 Å². The first-order valence-electron chi connectivity index (χ1n) is 11.5. The fourth-order valence-electron chi connectivity index (χ4n) is 4.33. The Morgan fingerprint density at radius 3 is 2.38 bits per heavy atom. The molecule has 2 aromatic rings. The Morgan fingerprint density at radius 2 is 1.75 bits per heavy atom. The van der Waals surface area contributed by atoms with Gasteiger partial charge in [0, 0.05) is 38.9 Å². The van der Waals surface area contributed by atoms with Crippen molar-refractivity contribution in [2.24, 2.45) is 5.41 Å². The molecule has 0 bridgehead atoms. The average molecular weight is 443 g/mol. The van der Waals surface area contributed by atoms with Crippen LogP contribution in [0.15, 0.2) is 30.6 Å². The summed E-state index contributed by atoms with van der Waals surface area (Å²) in [6, 6.07) is 5.72. The minimum absolute atomic E-state index is 0.0738. The first-order chi connectivity index (χ1) is 15.3. The van der Waals surface area contributed by atoms with Crippen molar-refractivity contribution >= 4 is 11.6 Å². The van der Waals surface area contributed by atoms with Crippen molar-refractivity contribution in [1.29, 1.82) is 0 Å². The van der Waals surface area contributed by atoms with Crippen LogP contribution < -0.4 is 9.80 Å². The van der Waals surface area contributed by atoms with E-state index < -0.39 is 0 Å². The summed E-state index contributed by atoms with van der Waals surface area (Å²) in [5.41, 5.74) is 2.57. The molecule has 2 aliphatic rings. The van der Waals surface area contributed by atoms with Gasteiger partial charge in [-0.3, -0.25) is 0 Å². The number of piperidine rings is 1. The van der Waals surface area contributed by atoms with Gasteiger partial charge >= 0.3 is 0 Å². The number of anilines is 2. The minimum atomic E-state index is -0.101. The summed E-state index contributed by atoms with van der Waals surface area (Å²) in [4.78, 5) is 13.5. The van der Waals surface area contributed by atoms with E-state index in [9.17, 15) is 0 Å². The van der Waals surface area contributed by atoms with Crippen LogP contribution >= 0.6 is 0 Å². The lowest BCUT2D eigenvalue weighted by molar-refractivity contribution is 0.0582. The largest absolute Gasteiger partial charge is 0.378 e. The van der Waals surface area contributed by atoms with Crippen LogP contribution in [-0.2, 0) is 16.1 Å². The van der Waals surface area contributed by atoms with Gasteiger partial charge in [0.15, 0.2) is 0 Å². The molecular weight excluding hydrogens is 407 g/mol. The smallest absolute Gasteiger partial charge is 0.225 e. The van der Waals surface area contributed by atoms with Crippen molar-refractivity contribution in [3.05, 3.63) is 47.5 Å². The predicted molar refractivity (Wildman–Crippen MR) is 125 cm³/mol. The summed E-state index contributed by atoms with van der Waals surface area (Å²) in [6.45, 7) is 10.7. The Balaban J connectivity index is 1.32. The Bertz CT molecular complexity index is 886. The fraction of sp³-hybridized carbons (Fsp3) is 0.600. The predicted octanol–water partition coefficient (Wildman–Crippen LogP) is 4.40. The van der Waals surface area contributed by atoms with Crippen LogP contribution in [0, 0.1) is 11.2 Å². The Labute approximate surface area is 190 Å². The third-order valence-corrected chi connectivity index (χ3v) is 6.29. The number of halogens is 1. The van der Waals surface area contributed by atoms with Crippen LogP contribution in [0.1, 0.15) is 50.7 Å². The molecule has 3 heterocycles. The first kappa shape index (κ1) is 22.9. The molecule has 7 heteroatoms. The quantitative estimate of drug-likeness (QED) is 0.634. The van der Waals surface area contributed by atoms with Gasteiger partial charge < -0.3 is 19.3 Å². The SMILES string of the molecule is COC1CN(c2ncc(N3CCC(c4cccc(COCC(C)(C)C)c4F)CC3)cn2)C1. The number of methoxy groups -OCH3 is 1. The second-order valence-corrected chi connectivity index (χ2v) is 10.1. The number of benzene rings is 1. The van der Waals surface area contributed by atoms with Gasteiger partial charge in [-0.15, -0.1) is 0 Å². The van der Waals surface area contributed by atoms with Crippen LogP contribution in [-0.4, -0.2) is 56.0 Å². The van der Waals surface area contributed by atoms with E-state index in [0.29, 0.717) is 18.8 Å². The molecule has 0 radical (unpaired) electrons. The molecule has 0 aliphatic carbocycles. The molecule has 0 atom stereocenters. The van der Waals surface area contributed by atoms with Crippen molar-refractivity contribution in [1.82, 2.24) is 9.97 Å². The van der Waals surface area contributed by atoms with Crippen molar-refractivity contribution < 1.29 is 13.9 Å². The number of ether oxygens (including phenoxy) is 2. The summed E-state index contributed by atoms with van der Waals surface area (Å²) in [5, 5.41) is 0. The third kappa shape index (κ3) is 5.38.